The second-order valence-electron chi connectivity index (χ2n) is 4.42. The fourth-order valence-corrected chi connectivity index (χ4v) is 2.47. The molecule has 2 aromatic carbocycles. The van der Waals surface area contributed by atoms with Gasteiger partial charge in [-0.15, -0.1) is 0 Å². The van der Waals surface area contributed by atoms with Gasteiger partial charge in [0.2, 0.25) is 0 Å². The fraction of sp³-hybridized carbons (Fsp3) is 0.200. The van der Waals surface area contributed by atoms with Gasteiger partial charge in [-0.2, -0.15) is 0 Å². The Labute approximate surface area is 105 Å². The van der Waals surface area contributed by atoms with Crippen LogP contribution in [0.4, 0.5) is 10.1 Å². The van der Waals surface area contributed by atoms with Crippen molar-refractivity contribution in [1.29, 1.82) is 0 Å². The van der Waals surface area contributed by atoms with E-state index in [1.165, 1.54) is 11.6 Å². The maximum absolute atomic E-state index is 13.8. The lowest BCUT2D eigenvalue weighted by atomic mass is 10.0. The van der Waals surface area contributed by atoms with E-state index >= 15 is 0 Å². The summed E-state index contributed by atoms with van der Waals surface area (Å²) in [7, 11) is 1.65. The van der Waals surface area contributed by atoms with E-state index in [0.29, 0.717) is 5.56 Å². The highest BCUT2D eigenvalue weighted by molar-refractivity contribution is 5.67. The lowest BCUT2D eigenvalue weighted by Crippen LogP contribution is -2.08. The molecule has 1 N–H and O–H groups in total. The molecule has 1 heterocycles. The first-order valence-electron chi connectivity index (χ1n) is 5.96. The van der Waals surface area contributed by atoms with Gasteiger partial charge < -0.3 is 10.1 Å². The molecule has 3 rings (SSSR count). The third-order valence-corrected chi connectivity index (χ3v) is 3.36. The molecule has 0 bridgehead atoms. The number of nitrogens with one attached hydrogen (secondary N) is 1. The van der Waals surface area contributed by atoms with Gasteiger partial charge in [0.15, 0.2) is 0 Å². The number of fused-ring (bicyclic) bond motifs is 1. The molecule has 0 saturated heterocycles. The van der Waals surface area contributed by atoms with E-state index in [9.17, 15) is 4.39 Å². The SMILES string of the molecule is COc1cccc2c1NC(c1ccccc1F)C2. The van der Waals surface area contributed by atoms with Crippen molar-refractivity contribution >= 4 is 5.69 Å². The lowest BCUT2D eigenvalue weighted by molar-refractivity contribution is 0.416. The summed E-state index contributed by atoms with van der Waals surface area (Å²) in [5, 5.41) is 3.35. The second kappa shape index (κ2) is 4.33. The van der Waals surface area contributed by atoms with Gasteiger partial charge >= 0.3 is 0 Å². The molecule has 0 aliphatic carbocycles. The van der Waals surface area contributed by atoms with Crippen molar-refractivity contribution in [2.75, 3.05) is 12.4 Å². The van der Waals surface area contributed by atoms with E-state index < -0.39 is 0 Å². The van der Waals surface area contributed by atoms with Gasteiger partial charge in [0.05, 0.1) is 18.8 Å². The van der Waals surface area contributed by atoms with Crippen molar-refractivity contribution in [3.63, 3.8) is 0 Å². The first kappa shape index (κ1) is 11.1. The molecule has 2 aromatic rings. The van der Waals surface area contributed by atoms with Crippen LogP contribution in [0.2, 0.25) is 0 Å². The second-order valence-corrected chi connectivity index (χ2v) is 4.42. The molecule has 1 atom stereocenters. The molecule has 0 fully saturated rings. The van der Waals surface area contributed by atoms with Crippen molar-refractivity contribution in [2.24, 2.45) is 0 Å². The van der Waals surface area contributed by atoms with Crippen LogP contribution in [0, 0.1) is 5.82 Å². The van der Waals surface area contributed by atoms with Crippen LogP contribution < -0.4 is 10.1 Å². The van der Waals surface area contributed by atoms with Crippen LogP contribution in [-0.2, 0) is 6.42 Å². The van der Waals surface area contributed by atoms with Crippen LogP contribution in [0.25, 0.3) is 0 Å². The minimum absolute atomic E-state index is 0.0162. The summed E-state index contributed by atoms with van der Waals surface area (Å²) in [6.07, 6.45) is 0.785. The molecule has 1 aliphatic heterocycles. The van der Waals surface area contributed by atoms with Gasteiger partial charge in [-0.3, -0.25) is 0 Å². The van der Waals surface area contributed by atoms with Crippen LogP contribution in [0.5, 0.6) is 5.75 Å². The minimum atomic E-state index is -0.165. The summed E-state index contributed by atoms with van der Waals surface area (Å²) in [5.74, 6) is 0.646. The Morgan fingerprint density at radius 3 is 2.78 bits per heavy atom. The number of hydrogen-bond acceptors (Lipinski definition) is 2. The normalized spacial score (nSPS) is 17.1. The summed E-state index contributed by atoms with van der Waals surface area (Å²) < 4.78 is 19.1. The predicted octanol–water partition coefficient (Wildman–Crippen LogP) is 3.54. The van der Waals surface area contributed by atoms with E-state index in [1.54, 1.807) is 13.2 Å². The summed E-state index contributed by atoms with van der Waals surface area (Å²) in [4.78, 5) is 0. The number of para-hydroxylation sites is 1. The van der Waals surface area contributed by atoms with Gasteiger partial charge in [0.25, 0.3) is 0 Å². The van der Waals surface area contributed by atoms with E-state index in [2.05, 4.69) is 5.32 Å². The molecule has 0 radical (unpaired) electrons. The van der Waals surface area contributed by atoms with Crippen molar-refractivity contribution in [2.45, 2.75) is 12.5 Å². The Morgan fingerprint density at radius 2 is 2.00 bits per heavy atom. The highest BCUT2D eigenvalue weighted by Crippen LogP contribution is 2.40. The summed E-state index contributed by atoms with van der Waals surface area (Å²) in [5.41, 5.74) is 2.85. The highest BCUT2D eigenvalue weighted by Gasteiger charge is 2.26. The van der Waals surface area contributed by atoms with E-state index in [1.807, 2.05) is 30.3 Å². The van der Waals surface area contributed by atoms with Crippen molar-refractivity contribution in [1.82, 2.24) is 0 Å². The molecule has 1 aliphatic rings. The van der Waals surface area contributed by atoms with E-state index in [0.717, 1.165) is 17.9 Å². The van der Waals surface area contributed by atoms with Gasteiger partial charge in [-0.05, 0) is 24.1 Å². The number of ether oxygens (including phenoxy) is 1. The minimum Gasteiger partial charge on any atom is -0.495 e. The van der Waals surface area contributed by atoms with Gasteiger partial charge in [0, 0.05) is 5.56 Å². The van der Waals surface area contributed by atoms with Crippen molar-refractivity contribution < 1.29 is 9.13 Å². The first-order valence-corrected chi connectivity index (χ1v) is 5.96. The maximum atomic E-state index is 13.8. The third kappa shape index (κ3) is 1.72. The average molecular weight is 243 g/mol. The van der Waals surface area contributed by atoms with E-state index in [4.69, 9.17) is 4.74 Å². The Balaban J connectivity index is 1.96. The quantitative estimate of drug-likeness (QED) is 0.871. The zero-order chi connectivity index (χ0) is 12.5. The Hall–Kier alpha value is -2.03. The molecule has 0 amide bonds. The highest BCUT2D eigenvalue weighted by atomic mass is 19.1. The Kier molecular flexibility index (Phi) is 2.67. The molecule has 2 nitrogen and oxygen atoms in total. The zero-order valence-corrected chi connectivity index (χ0v) is 10.1. The molecule has 0 saturated carbocycles. The predicted molar refractivity (Wildman–Crippen MR) is 69.5 cm³/mol. The average Bonchev–Trinajstić information content (AvgIpc) is 2.82. The van der Waals surface area contributed by atoms with Crippen LogP contribution in [-0.4, -0.2) is 7.11 Å². The number of hydrogen-bond donors (Lipinski definition) is 1. The number of methoxy groups -OCH3 is 1. The molecule has 18 heavy (non-hydrogen) atoms. The first-order chi connectivity index (χ1) is 8.79. The summed E-state index contributed by atoms with van der Waals surface area (Å²) >= 11 is 0. The number of anilines is 1. The fourth-order valence-electron chi connectivity index (χ4n) is 2.47. The van der Waals surface area contributed by atoms with Gasteiger partial charge in [-0.25, -0.2) is 4.39 Å². The van der Waals surface area contributed by atoms with Gasteiger partial charge in [0.1, 0.15) is 11.6 Å². The monoisotopic (exact) mass is 243 g/mol. The molecule has 1 unspecified atom stereocenters. The standard InChI is InChI=1S/C15H14FNO/c1-18-14-8-4-5-10-9-13(17-15(10)14)11-6-2-3-7-12(11)16/h2-8,13,17H,9H2,1H3. The van der Waals surface area contributed by atoms with Crippen molar-refractivity contribution in [3.05, 3.63) is 59.4 Å². The van der Waals surface area contributed by atoms with Crippen LogP contribution >= 0.6 is 0 Å². The molecular weight excluding hydrogens is 229 g/mol. The Morgan fingerprint density at radius 1 is 1.17 bits per heavy atom. The van der Waals surface area contributed by atoms with Crippen LogP contribution in [0.1, 0.15) is 17.2 Å². The van der Waals surface area contributed by atoms with Crippen LogP contribution in [0.15, 0.2) is 42.5 Å². The molecule has 0 aromatic heterocycles. The summed E-state index contributed by atoms with van der Waals surface area (Å²) in [6.45, 7) is 0. The largest absolute Gasteiger partial charge is 0.495 e. The van der Waals surface area contributed by atoms with Crippen LogP contribution in [0.3, 0.4) is 0 Å². The number of benzene rings is 2. The molecular formula is C15H14FNO. The van der Waals surface area contributed by atoms with Crippen molar-refractivity contribution in [3.8, 4) is 5.75 Å². The zero-order valence-electron chi connectivity index (χ0n) is 10.1. The lowest BCUT2D eigenvalue weighted by Gasteiger charge is -2.13. The Bertz CT molecular complexity index is 582. The molecule has 3 heteroatoms. The summed E-state index contributed by atoms with van der Waals surface area (Å²) in [6, 6.07) is 12.8. The number of rotatable bonds is 2. The maximum Gasteiger partial charge on any atom is 0.142 e. The number of halogens is 1. The third-order valence-electron chi connectivity index (χ3n) is 3.36. The topological polar surface area (TPSA) is 21.3 Å². The molecule has 0 spiro atoms. The molecule has 92 valence electrons. The smallest absolute Gasteiger partial charge is 0.142 e. The van der Waals surface area contributed by atoms with Gasteiger partial charge in [-0.1, -0.05) is 30.3 Å². The van der Waals surface area contributed by atoms with E-state index in [-0.39, 0.29) is 11.9 Å².